The smallest absolute Gasteiger partial charge is 0.369 e. The van der Waals surface area contributed by atoms with Gasteiger partial charge in [0.2, 0.25) is 0 Å². The molecule has 2 heterocycles. The monoisotopic (exact) mass is 722 g/mol. The van der Waals surface area contributed by atoms with Gasteiger partial charge in [-0.05, 0) is 111 Å². The number of aliphatic hydroxyl groups is 1. The Hall–Kier alpha value is -3.13. The molecule has 0 atom stereocenters. The third-order valence-corrected chi connectivity index (χ3v) is 13.0. The Labute approximate surface area is 281 Å². The summed E-state index contributed by atoms with van der Waals surface area (Å²) in [6, 6.07) is 19.2. The summed E-state index contributed by atoms with van der Waals surface area (Å²) in [5.74, 6) is 1.01. The highest BCUT2D eigenvalue weighted by Crippen LogP contribution is 2.69. The van der Waals surface area contributed by atoms with Crippen molar-refractivity contribution in [2.45, 2.75) is 37.2 Å². The van der Waals surface area contributed by atoms with Crippen molar-refractivity contribution in [1.29, 1.82) is 0 Å². The number of carbonyl (C=O) groups excluding carboxylic acids is 1. The van der Waals surface area contributed by atoms with Crippen LogP contribution in [-0.4, -0.2) is 83.4 Å². The highest BCUT2D eigenvalue weighted by atomic mass is 32.1. The molecule has 1 aromatic heterocycles. The van der Waals surface area contributed by atoms with E-state index in [-0.39, 0.29) is 30.2 Å². The molecule has 4 aromatic rings. The zero-order chi connectivity index (χ0) is 35.1. The number of fused-ring (bicyclic) bond motifs is 1. The molecule has 13 nitrogen and oxygen atoms in total. The molecule has 0 aliphatic carbocycles. The molecule has 1 saturated heterocycles. The summed E-state index contributed by atoms with van der Waals surface area (Å²) in [7, 11) is -10.6. The molecule has 1 fully saturated rings. The van der Waals surface area contributed by atoms with E-state index in [0.29, 0.717) is 17.7 Å². The van der Waals surface area contributed by atoms with Crippen LogP contribution in [0.1, 0.15) is 48.0 Å². The highest BCUT2D eigenvalue weighted by molar-refractivity contribution is 7.72. The molecule has 0 radical (unpaired) electrons. The first-order chi connectivity index (χ1) is 22.6. The van der Waals surface area contributed by atoms with E-state index in [9.17, 15) is 29.2 Å². The number of piperidine rings is 1. The number of ether oxygens (including phenoxy) is 1. The Morgan fingerprint density at radius 1 is 0.875 bits per heavy atom. The second-order valence-electron chi connectivity index (χ2n) is 11.4. The molecule has 1 aliphatic heterocycles. The lowest BCUT2D eigenvalue weighted by Crippen LogP contribution is -2.33. The Morgan fingerprint density at radius 2 is 1.48 bits per heavy atom. The van der Waals surface area contributed by atoms with Crippen LogP contribution < -0.4 is 10.5 Å². The fraction of sp³-hybridized carbons (Fsp3) is 0.344. The maximum Gasteiger partial charge on any atom is 0.369 e. The molecular formula is C32H40N2O11P2S. The van der Waals surface area contributed by atoms with Crippen molar-refractivity contribution in [2.24, 2.45) is 5.73 Å². The molecule has 260 valence electrons. The van der Waals surface area contributed by atoms with Gasteiger partial charge >= 0.3 is 15.2 Å². The molecule has 3 aromatic carbocycles. The SMILES string of the molecule is NCCCC(O)(P(=O)(O)O)P(=O)(O)O.O=C(c1ccc(OCCN2CCCCC2)cc1)c1c(-c2ccc(O)cc2)sc2cc(O)ccc12. The number of thiophene rings is 1. The minimum Gasteiger partial charge on any atom is -0.508 e. The molecule has 1 aliphatic rings. The lowest BCUT2D eigenvalue weighted by molar-refractivity contribution is 0.104. The maximum atomic E-state index is 13.6. The van der Waals surface area contributed by atoms with Gasteiger partial charge in [-0.2, -0.15) is 0 Å². The normalized spacial score (nSPS) is 14.4. The van der Waals surface area contributed by atoms with Crippen LogP contribution in [0.3, 0.4) is 0 Å². The topological polar surface area (TPSA) is 231 Å². The summed E-state index contributed by atoms with van der Waals surface area (Å²) in [4.78, 5) is 51.4. The number of aromatic hydroxyl groups is 2. The zero-order valence-electron chi connectivity index (χ0n) is 26.0. The number of hydrogen-bond acceptors (Lipinski definition) is 10. The molecule has 5 rings (SSSR count). The average molecular weight is 723 g/mol. The molecule has 0 bridgehead atoms. The lowest BCUT2D eigenvalue weighted by atomic mass is 9.97. The molecule has 16 heteroatoms. The average Bonchev–Trinajstić information content (AvgIpc) is 3.42. The van der Waals surface area contributed by atoms with Gasteiger partial charge in [0.05, 0.1) is 0 Å². The van der Waals surface area contributed by atoms with Gasteiger partial charge in [0.1, 0.15) is 23.9 Å². The summed E-state index contributed by atoms with van der Waals surface area (Å²) in [5, 5.41) is 26.4. The van der Waals surface area contributed by atoms with Gasteiger partial charge in [-0.25, -0.2) is 0 Å². The van der Waals surface area contributed by atoms with E-state index >= 15 is 0 Å². The van der Waals surface area contributed by atoms with Gasteiger partial charge in [0, 0.05) is 39.1 Å². The molecular weight excluding hydrogens is 682 g/mol. The van der Waals surface area contributed by atoms with Gasteiger partial charge in [-0.1, -0.05) is 6.42 Å². The van der Waals surface area contributed by atoms with Crippen LogP contribution in [0.15, 0.2) is 66.7 Å². The van der Waals surface area contributed by atoms with Crippen molar-refractivity contribution in [1.82, 2.24) is 4.90 Å². The van der Waals surface area contributed by atoms with Gasteiger partial charge in [0.15, 0.2) is 5.78 Å². The number of carbonyl (C=O) groups is 1. The minimum atomic E-state index is -5.30. The fourth-order valence-electron chi connectivity index (χ4n) is 5.25. The highest BCUT2D eigenvalue weighted by Gasteiger charge is 2.58. The summed E-state index contributed by atoms with van der Waals surface area (Å²) >= 11 is 1.46. The standard InChI is InChI=1S/C28H27NO4S.C4H13NO7P2/c30-21-8-4-20(5-9-21)28-26(24-13-10-22(31)18-25(24)34-28)27(32)19-6-11-23(12-7-19)33-17-16-29-14-2-1-3-15-29;5-3-1-2-4(6,13(7,8)9)14(10,11)12/h4-13,18,30-31H,1-3,14-17H2;6H,1-3,5H2,(H2,7,8,9)(H2,10,11,12). The van der Waals surface area contributed by atoms with Crippen molar-refractivity contribution < 1.29 is 53.6 Å². The van der Waals surface area contributed by atoms with Crippen LogP contribution in [0.25, 0.3) is 20.5 Å². The van der Waals surface area contributed by atoms with Crippen LogP contribution in [0.2, 0.25) is 0 Å². The van der Waals surface area contributed by atoms with E-state index in [0.717, 1.165) is 45.9 Å². The first-order valence-corrected chi connectivity index (χ1v) is 19.3. The van der Waals surface area contributed by atoms with E-state index in [2.05, 4.69) is 4.90 Å². The molecule has 48 heavy (non-hydrogen) atoms. The summed E-state index contributed by atoms with van der Waals surface area (Å²) in [5.41, 5.74) is 7.03. The number of benzene rings is 3. The van der Waals surface area contributed by atoms with Gasteiger partial charge in [-0.3, -0.25) is 18.8 Å². The van der Waals surface area contributed by atoms with Crippen LogP contribution >= 0.6 is 26.5 Å². The van der Waals surface area contributed by atoms with Gasteiger partial charge in [-0.15, -0.1) is 11.3 Å². The number of phenols is 2. The van der Waals surface area contributed by atoms with E-state index in [1.165, 1.54) is 30.6 Å². The van der Waals surface area contributed by atoms with E-state index in [1.54, 1.807) is 42.5 Å². The fourth-order valence-corrected chi connectivity index (χ4v) is 8.74. The Kier molecular flexibility index (Phi) is 12.6. The van der Waals surface area contributed by atoms with Crippen LogP contribution in [0.4, 0.5) is 0 Å². The Morgan fingerprint density at radius 3 is 2.06 bits per heavy atom. The second kappa shape index (κ2) is 16.1. The largest absolute Gasteiger partial charge is 0.508 e. The summed E-state index contributed by atoms with van der Waals surface area (Å²) in [6.45, 7) is 3.81. The third kappa shape index (κ3) is 9.10. The van der Waals surface area contributed by atoms with Crippen LogP contribution in [-0.2, 0) is 9.13 Å². The molecule has 9 N–H and O–H groups in total. The second-order valence-corrected chi connectivity index (χ2v) is 16.5. The first kappa shape index (κ1) is 37.7. The number of nitrogens with two attached hydrogens (primary N) is 1. The third-order valence-electron chi connectivity index (χ3n) is 7.92. The zero-order valence-corrected chi connectivity index (χ0v) is 28.6. The van der Waals surface area contributed by atoms with E-state index in [1.807, 2.05) is 24.3 Å². The van der Waals surface area contributed by atoms with Crippen molar-refractivity contribution in [3.8, 4) is 27.7 Å². The quantitative estimate of drug-likeness (QED) is 0.0726. The predicted molar refractivity (Wildman–Crippen MR) is 184 cm³/mol. The Bertz CT molecular complexity index is 1760. The number of phenolic OH excluding ortho intramolecular Hbond substituents is 2. The first-order valence-electron chi connectivity index (χ1n) is 15.2. The summed E-state index contributed by atoms with van der Waals surface area (Å²) < 4.78 is 28.2. The summed E-state index contributed by atoms with van der Waals surface area (Å²) in [6.07, 6.45) is 2.99. The number of nitrogens with zero attached hydrogens (tertiary/aromatic N) is 1. The van der Waals surface area contributed by atoms with Crippen LogP contribution in [0, 0.1) is 0 Å². The molecule has 0 unspecified atom stereocenters. The predicted octanol–water partition coefficient (Wildman–Crippen LogP) is 4.80. The van der Waals surface area contributed by atoms with Crippen molar-refractivity contribution >= 4 is 42.4 Å². The van der Waals surface area contributed by atoms with Crippen molar-refractivity contribution in [2.75, 3.05) is 32.8 Å². The van der Waals surface area contributed by atoms with Gasteiger partial charge < -0.3 is 45.4 Å². The van der Waals surface area contributed by atoms with E-state index < -0.39 is 26.7 Å². The number of likely N-dealkylation sites (tertiary alicyclic amines) is 1. The number of ketones is 1. The number of rotatable bonds is 12. The van der Waals surface area contributed by atoms with Crippen molar-refractivity contribution in [3.05, 3.63) is 77.9 Å². The molecule has 0 saturated carbocycles. The maximum absolute atomic E-state index is 13.6. The molecule has 0 amide bonds. The lowest BCUT2D eigenvalue weighted by Gasteiger charge is -2.28. The molecule has 0 spiro atoms. The van der Waals surface area contributed by atoms with Gasteiger partial charge in [0.25, 0.3) is 5.08 Å². The van der Waals surface area contributed by atoms with E-state index in [4.69, 9.17) is 30.0 Å². The minimum absolute atomic E-state index is 0.0394. The van der Waals surface area contributed by atoms with Crippen LogP contribution in [0.5, 0.6) is 17.2 Å². The number of hydrogen-bond donors (Lipinski definition) is 8. The van der Waals surface area contributed by atoms with Crippen molar-refractivity contribution in [3.63, 3.8) is 0 Å². The Balaban J connectivity index is 0.000000316.